The van der Waals surface area contributed by atoms with Crippen LogP contribution in [0.5, 0.6) is 0 Å². The van der Waals surface area contributed by atoms with Crippen molar-refractivity contribution in [2.24, 2.45) is 5.92 Å². The lowest BCUT2D eigenvalue weighted by atomic mass is 9.98. The van der Waals surface area contributed by atoms with Gasteiger partial charge in [0.15, 0.2) is 12.6 Å². The highest BCUT2D eigenvalue weighted by Gasteiger charge is 2.44. The summed E-state index contributed by atoms with van der Waals surface area (Å²) in [5, 5.41) is 31.7. The number of ether oxygens (including phenoxy) is 1. The second kappa shape index (κ2) is 4.91. The van der Waals surface area contributed by atoms with E-state index in [1.807, 2.05) is 13.8 Å². The number of aliphatic hydroxyl groups excluding tert-OH is 3. The SMILES string of the molecule is CC[C@@H]1O[C@H](N2C=C[C@@H](O)N[C@H]2O)C(O)C1C. The summed E-state index contributed by atoms with van der Waals surface area (Å²) in [6.07, 6.45) is 0.673. The molecule has 0 radical (unpaired) electrons. The highest BCUT2D eigenvalue weighted by atomic mass is 16.5. The van der Waals surface area contributed by atoms with Crippen molar-refractivity contribution >= 4 is 0 Å². The molecule has 6 atom stereocenters. The van der Waals surface area contributed by atoms with Crippen molar-refractivity contribution in [2.45, 2.75) is 51.3 Å². The molecule has 2 aliphatic heterocycles. The fraction of sp³-hybridized carbons (Fsp3) is 0.818. The zero-order valence-electron chi connectivity index (χ0n) is 10.0. The Morgan fingerprint density at radius 3 is 2.59 bits per heavy atom. The van der Waals surface area contributed by atoms with Crippen LogP contribution >= 0.6 is 0 Å². The third-order valence-electron chi connectivity index (χ3n) is 3.47. The van der Waals surface area contributed by atoms with Gasteiger partial charge in [-0.05, 0) is 12.5 Å². The van der Waals surface area contributed by atoms with E-state index in [9.17, 15) is 15.3 Å². The smallest absolute Gasteiger partial charge is 0.187 e. The Bertz CT molecular complexity index is 299. The normalized spacial score (nSPS) is 46.5. The molecule has 2 aliphatic rings. The van der Waals surface area contributed by atoms with Gasteiger partial charge in [0.1, 0.15) is 12.3 Å². The van der Waals surface area contributed by atoms with E-state index in [0.29, 0.717) is 0 Å². The van der Waals surface area contributed by atoms with Crippen molar-refractivity contribution in [1.29, 1.82) is 0 Å². The maximum Gasteiger partial charge on any atom is 0.187 e. The van der Waals surface area contributed by atoms with E-state index in [2.05, 4.69) is 5.32 Å². The predicted molar refractivity (Wildman–Crippen MR) is 60.3 cm³/mol. The van der Waals surface area contributed by atoms with E-state index in [0.717, 1.165) is 6.42 Å². The number of rotatable bonds is 2. The molecule has 0 saturated carbocycles. The summed E-state index contributed by atoms with van der Waals surface area (Å²) in [5.41, 5.74) is 0. The van der Waals surface area contributed by atoms with Crippen molar-refractivity contribution in [3.63, 3.8) is 0 Å². The summed E-state index contributed by atoms with van der Waals surface area (Å²) in [7, 11) is 0. The van der Waals surface area contributed by atoms with Gasteiger partial charge in [0, 0.05) is 12.1 Å². The van der Waals surface area contributed by atoms with Crippen LogP contribution in [0.15, 0.2) is 12.3 Å². The molecule has 98 valence electrons. The van der Waals surface area contributed by atoms with Crippen LogP contribution in [0.3, 0.4) is 0 Å². The first-order chi connectivity index (χ1) is 8.04. The van der Waals surface area contributed by atoms with E-state index >= 15 is 0 Å². The fourth-order valence-electron chi connectivity index (χ4n) is 2.36. The number of aliphatic hydroxyl groups is 3. The lowest BCUT2D eigenvalue weighted by molar-refractivity contribution is -0.150. The molecule has 1 fully saturated rings. The van der Waals surface area contributed by atoms with E-state index in [-0.39, 0.29) is 12.0 Å². The Morgan fingerprint density at radius 2 is 2.06 bits per heavy atom. The molecule has 0 aromatic carbocycles. The first kappa shape index (κ1) is 12.8. The van der Waals surface area contributed by atoms with Crippen LogP contribution in [0.25, 0.3) is 0 Å². The molecular weight excluding hydrogens is 224 g/mol. The average molecular weight is 244 g/mol. The zero-order chi connectivity index (χ0) is 12.6. The van der Waals surface area contributed by atoms with Gasteiger partial charge in [0.25, 0.3) is 0 Å². The maximum atomic E-state index is 10.1. The summed E-state index contributed by atoms with van der Waals surface area (Å²) in [5.74, 6) is 0.0254. The molecule has 2 unspecified atom stereocenters. The molecule has 1 saturated heterocycles. The molecule has 17 heavy (non-hydrogen) atoms. The summed E-state index contributed by atoms with van der Waals surface area (Å²) in [6.45, 7) is 3.93. The van der Waals surface area contributed by atoms with Crippen LogP contribution in [-0.2, 0) is 4.74 Å². The minimum atomic E-state index is -1.06. The van der Waals surface area contributed by atoms with Crippen LogP contribution < -0.4 is 5.32 Å². The molecule has 2 heterocycles. The molecule has 6 nitrogen and oxygen atoms in total. The van der Waals surface area contributed by atoms with Crippen molar-refractivity contribution in [3.8, 4) is 0 Å². The summed E-state index contributed by atoms with van der Waals surface area (Å²) in [4.78, 5) is 1.48. The Morgan fingerprint density at radius 1 is 1.35 bits per heavy atom. The minimum Gasteiger partial charge on any atom is -0.388 e. The first-order valence-electron chi connectivity index (χ1n) is 5.96. The molecule has 0 bridgehead atoms. The second-order valence-electron chi connectivity index (χ2n) is 4.60. The molecule has 6 heteroatoms. The van der Waals surface area contributed by atoms with Gasteiger partial charge in [-0.3, -0.25) is 0 Å². The fourth-order valence-corrected chi connectivity index (χ4v) is 2.36. The van der Waals surface area contributed by atoms with Crippen molar-refractivity contribution in [2.75, 3.05) is 0 Å². The summed E-state index contributed by atoms with van der Waals surface area (Å²) < 4.78 is 5.72. The van der Waals surface area contributed by atoms with Crippen LogP contribution in [0, 0.1) is 5.92 Å². The van der Waals surface area contributed by atoms with Gasteiger partial charge in [0.2, 0.25) is 0 Å². The summed E-state index contributed by atoms with van der Waals surface area (Å²) in [6, 6.07) is 0. The molecule has 4 N–H and O–H groups in total. The number of hydrogen-bond donors (Lipinski definition) is 4. The van der Waals surface area contributed by atoms with Crippen LogP contribution in [0.2, 0.25) is 0 Å². The van der Waals surface area contributed by atoms with E-state index < -0.39 is 24.9 Å². The Balaban J connectivity index is 2.10. The van der Waals surface area contributed by atoms with Gasteiger partial charge >= 0.3 is 0 Å². The van der Waals surface area contributed by atoms with E-state index in [1.165, 1.54) is 11.0 Å². The van der Waals surface area contributed by atoms with Gasteiger partial charge in [-0.15, -0.1) is 0 Å². The van der Waals surface area contributed by atoms with Crippen molar-refractivity contribution < 1.29 is 20.1 Å². The largest absolute Gasteiger partial charge is 0.388 e. The highest BCUT2D eigenvalue weighted by molar-refractivity contribution is 4.98. The average Bonchev–Trinajstić information content (AvgIpc) is 2.57. The Kier molecular flexibility index (Phi) is 3.70. The monoisotopic (exact) mass is 244 g/mol. The maximum absolute atomic E-state index is 10.1. The molecule has 0 aliphatic carbocycles. The number of hydrogen-bond acceptors (Lipinski definition) is 6. The van der Waals surface area contributed by atoms with Gasteiger partial charge in [-0.25, -0.2) is 5.32 Å². The van der Waals surface area contributed by atoms with E-state index in [4.69, 9.17) is 4.74 Å². The minimum absolute atomic E-state index is 0.0116. The van der Waals surface area contributed by atoms with Crippen LogP contribution in [0.1, 0.15) is 20.3 Å². The first-order valence-corrected chi connectivity index (χ1v) is 5.96. The molecule has 2 rings (SSSR count). The van der Waals surface area contributed by atoms with Crippen LogP contribution in [0.4, 0.5) is 0 Å². The van der Waals surface area contributed by atoms with Crippen molar-refractivity contribution in [3.05, 3.63) is 12.3 Å². The second-order valence-corrected chi connectivity index (χ2v) is 4.60. The van der Waals surface area contributed by atoms with E-state index in [1.54, 1.807) is 6.20 Å². The Hall–Kier alpha value is -0.660. The molecule has 0 aromatic rings. The third kappa shape index (κ3) is 2.31. The predicted octanol–water partition coefficient (Wildman–Crippen LogP) is -0.869. The Labute approximate surface area is 100 Å². The molecule has 0 aromatic heterocycles. The topological polar surface area (TPSA) is 85.2 Å². The van der Waals surface area contributed by atoms with Gasteiger partial charge in [-0.1, -0.05) is 13.8 Å². The van der Waals surface area contributed by atoms with Gasteiger partial charge in [-0.2, -0.15) is 0 Å². The summed E-state index contributed by atoms with van der Waals surface area (Å²) >= 11 is 0. The highest BCUT2D eigenvalue weighted by Crippen LogP contribution is 2.31. The number of nitrogens with zero attached hydrogens (tertiary/aromatic N) is 1. The lowest BCUT2D eigenvalue weighted by Crippen LogP contribution is -2.56. The molecular formula is C11H20N2O4. The molecule has 0 spiro atoms. The van der Waals surface area contributed by atoms with Crippen molar-refractivity contribution in [1.82, 2.24) is 10.2 Å². The lowest BCUT2D eigenvalue weighted by Gasteiger charge is -2.37. The third-order valence-corrected chi connectivity index (χ3v) is 3.47. The quantitative estimate of drug-likeness (QED) is 0.505. The molecule has 0 amide bonds. The van der Waals surface area contributed by atoms with Gasteiger partial charge < -0.3 is 25.0 Å². The van der Waals surface area contributed by atoms with Gasteiger partial charge in [0.05, 0.1) is 6.10 Å². The zero-order valence-corrected chi connectivity index (χ0v) is 10.0. The standard InChI is InChI=1S/C11H20N2O4/c1-3-7-6(2)9(15)10(17-7)13-5-4-8(14)12-11(13)16/h4-12,14-16H,3H2,1-2H3/t6?,7-,8+,9?,10-,11+/m0/s1. The van der Waals surface area contributed by atoms with Crippen LogP contribution in [-0.4, -0.2) is 51.2 Å². The number of nitrogens with one attached hydrogen (secondary N) is 1.